The fourth-order valence-electron chi connectivity index (χ4n) is 1.63. The number of aryl methyl sites for hydroxylation is 1. The third kappa shape index (κ3) is 3.23. The Morgan fingerprint density at radius 1 is 1.28 bits per heavy atom. The Morgan fingerprint density at radius 2 is 2.11 bits per heavy atom. The first-order chi connectivity index (χ1) is 8.69. The molecule has 1 N–H and O–H groups in total. The summed E-state index contributed by atoms with van der Waals surface area (Å²) in [6.07, 6.45) is 0. The maximum absolute atomic E-state index is 5.10. The highest BCUT2D eigenvalue weighted by Crippen LogP contribution is 2.23. The Bertz CT molecular complexity index is 543. The molecule has 2 rings (SSSR count). The molecule has 0 aliphatic carbocycles. The Morgan fingerprint density at radius 3 is 2.89 bits per heavy atom. The van der Waals surface area contributed by atoms with Gasteiger partial charge in [-0.25, -0.2) is 4.98 Å². The number of halogens is 1. The van der Waals surface area contributed by atoms with E-state index in [1.54, 1.807) is 7.11 Å². The zero-order valence-corrected chi connectivity index (χ0v) is 12.0. The van der Waals surface area contributed by atoms with Crippen LogP contribution in [0, 0.1) is 6.92 Å². The van der Waals surface area contributed by atoms with Crippen LogP contribution >= 0.6 is 15.9 Å². The molecule has 0 saturated heterocycles. The van der Waals surface area contributed by atoms with Gasteiger partial charge in [0, 0.05) is 16.2 Å². The molecule has 0 aliphatic heterocycles. The highest BCUT2D eigenvalue weighted by molar-refractivity contribution is 9.10. The lowest BCUT2D eigenvalue weighted by atomic mass is 10.2. The highest BCUT2D eigenvalue weighted by Gasteiger charge is 2.01. The zero-order valence-electron chi connectivity index (χ0n) is 10.4. The van der Waals surface area contributed by atoms with Gasteiger partial charge >= 0.3 is 0 Å². The highest BCUT2D eigenvalue weighted by atomic mass is 79.9. The second kappa shape index (κ2) is 5.87. The van der Waals surface area contributed by atoms with Gasteiger partial charge in [-0.15, -0.1) is 0 Å². The number of rotatable bonds is 4. The number of benzene rings is 1. The minimum Gasteiger partial charge on any atom is -0.481 e. The Labute approximate surface area is 115 Å². The summed E-state index contributed by atoms with van der Waals surface area (Å²) >= 11 is 3.52. The van der Waals surface area contributed by atoms with Crippen molar-refractivity contribution in [2.24, 2.45) is 0 Å². The van der Waals surface area contributed by atoms with Crippen LogP contribution in [-0.2, 0) is 6.54 Å². The molecule has 0 atom stereocenters. The molecule has 4 heteroatoms. The van der Waals surface area contributed by atoms with Gasteiger partial charge in [0.25, 0.3) is 0 Å². The second-order valence-electron chi connectivity index (χ2n) is 4.01. The lowest BCUT2D eigenvalue weighted by Gasteiger charge is -2.09. The first kappa shape index (κ1) is 12.9. The van der Waals surface area contributed by atoms with E-state index < -0.39 is 0 Å². The van der Waals surface area contributed by atoms with Crippen molar-refractivity contribution in [2.45, 2.75) is 13.5 Å². The van der Waals surface area contributed by atoms with E-state index in [-0.39, 0.29) is 0 Å². The number of aromatic nitrogens is 1. The van der Waals surface area contributed by atoms with Gasteiger partial charge in [0.1, 0.15) is 0 Å². The van der Waals surface area contributed by atoms with Crippen LogP contribution in [0.1, 0.15) is 11.3 Å². The van der Waals surface area contributed by atoms with Crippen LogP contribution < -0.4 is 10.1 Å². The van der Waals surface area contributed by atoms with Crippen molar-refractivity contribution in [1.29, 1.82) is 0 Å². The quantitative estimate of drug-likeness (QED) is 0.933. The van der Waals surface area contributed by atoms with E-state index in [0.717, 1.165) is 15.9 Å². The van der Waals surface area contributed by atoms with Crippen LogP contribution in [0.25, 0.3) is 0 Å². The van der Waals surface area contributed by atoms with Gasteiger partial charge < -0.3 is 10.1 Å². The van der Waals surface area contributed by atoms with Gasteiger partial charge in [-0.1, -0.05) is 12.1 Å². The summed E-state index contributed by atoms with van der Waals surface area (Å²) in [4.78, 5) is 4.36. The third-order valence-corrected chi connectivity index (χ3v) is 3.26. The van der Waals surface area contributed by atoms with Crippen molar-refractivity contribution in [3.63, 3.8) is 0 Å². The van der Waals surface area contributed by atoms with E-state index in [1.165, 1.54) is 5.56 Å². The molecule has 0 aliphatic rings. The fraction of sp³-hybridized carbons (Fsp3) is 0.214. The Balaban J connectivity index is 2.08. The third-order valence-electron chi connectivity index (χ3n) is 2.57. The normalized spacial score (nSPS) is 10.2. The van der Waals surface area contributed by atoms with Crippen molar-refractivity contribution in [3.8, 4) is 5.88 Å². The summed E-state index contributed by atoms with van der Waals surface area (Å²) in [6, 6.07) is 12.0. The number of hydrogen-bond acceptors (Lipinski definition) is 3. The van der Waals surface area contributed by atoms with Gasteiger partial charge in [0.15, 0.2) is 0 Å². The minimum absolute atomic E-state index is 0.637. The molecule has 2 aromatic rings. The average molecular weight is 307 g/mol. The maximum atomic E-state index is 5.10. The number of pyridine rings is 1. The topological polar surface area (TPSA) is 34.1 Å². The molecule has 0 amide bonds. The van der Waals surface area contributed by atoms with Crippen LogP contribution in [0.15, 0.2) is 40.9 Å². The van der Waals surface area contributed by atoms with Crippen LogP contribution in [0.5, 0.6) is 5.88 Å². The van der Waals surface area contributed by atoms with Crippen molar-refractivity contribution >= 4 is 21.6 Å². The van der Waals surface area contributed by atoms with Crippen LogP contribution in [0.4, 0.5) is 5.69 Å². The largest absolute Gasteiger partial charge is 0.481 e. The fourth-order valence-corrected chi connectivity index (χ4v) is 2.02. The van der Waals surface area contributed by atoms with Gasteiger partial charge in [-0.3, -0.25) is 0 Å². The predicted molar refractivity (Wildman–Crippen MR) is 77.0 cm³/mol. The summed E-state index contributed by atoms with van der Waals surface area (Å²) in [5.74, 6) is 0.637. The Kier molecular flexibility index (Phi) is 4.20. The lowest BCUT2D eigenvalue weighted by molar-refractivity contribution is 0.396. The van der Waals surface area contributed by atoms with Crippen LogP contribution in [0.3, 0.4) is 0 Å². The van der Waals surface area contributed by atoms with E-state index in [4.69, 9.17) is 4.74 Å². The first-order valence-corrected chi connectivity index (χ1v) is 6.48. The summed E-state index contributed by atoms with van der Waals surface area (Å²) in [5, 5.41) is 3.36. The maximum Gasteiger partial charge on any atom is 0.213 e. The van der Waals surface area contributed by atoms with E-state index >= 15 is 0 Å². The van der Waals surface area contributed by atoms with Crippen molar-refractivity contribution in [2.75, 3.05) is 12.4 Å². The monoisotopic (exact) mass is 306 g/mol. The second-order valence-corrected chi connectivity index (χ2v) is 4.86. The number of nitrogens with one attached hydrogen (secondary N) is 1. The van der Waals surface area contributed by atoms with Gasteiger partial charge in [0.2, 0.25) is 5.88 Å². The molecule has 0 unspecified atom stereocenters. The predicted octanol–water partition coefficient (Wildman–Crippen LogP) is 3.77. The van der Waals surface area contributed by atoms with Gasteiger partial charge in [-0.2, -0.15) is 0 Å². The van der Waals surface area contributed by atoms with Gasteiger partial charge in [0.05, 0.1) is 19.3 Å². The van der Waals surface area contributed by atoms with E-state index in [2.05, 4.69) is 45.3 Å². The molecule has 0 radical (unpaired) electrons. The number of nitrogens with zero attached hydrogens (tertiary/aromatic N) is 1. The van der Waals surface area contributed by atoms with Crippen molar-refractivity contribution in [1.82, 2.24) is 4.98 Å². The smallest absolute Gasteiger partial charge is 0.213 e. The molecule has 3 nitrogen and oxygen atoms in total. The average Bonchev–Trinajstić information content (AvgIpc) is 2.40. The standard InChI is InChI=1S/C14H15BrN2O/c1-10-6-7-12(15)13(8-10)16-9-11-4-3-5-14(17-11)18-2/h3-8,16H,9H2,1-2H3. The molecule has 1 heterocycles. The van der Waals surface area contributed by atoms with Crippen LogP contribution in [0.2, 0.25) is 0 Å². The lowest BCUT2D eigenvalue weighted by Crippen LogP contribution is -2.03. The molecular weight excluding hydrogens is 292 g/mol. The van der Waals surface area contributed by atoms with Crippen LogP contribution in [-0.4, -0.2) is 12.1 Å². The van der Waals surface area contributed by atoms with E-state index in [1.807, 2.05) is 24.3 Å². The molecule has 0 saturated carbocycles. The van der Waals surface area contributed by atoms with E-state index in [9.17, 15) is 0 Å². The summed E-state index contributed by atoms with van der Waals surface area (Å²) < 4.78 is 6.15. The molecule has 0 fully saturated rings. The molecular formula is C14H15BrN2O. The number of ether oxygens (including phenoxy) is 1. The zero-order chi connectivity index (χ0) is 13.0. The number of anilines is 1. The van der Waals surface area contributed by atoms with E-state index in [0.29, 0.717) is 12.4 Å². The Hall–Kier alpha value is -1.55. The molecule has 0 spiro atoms. The molecule has 1 aromatic heterocycles. The SMILES string of the molecule is COc1cccc(CNc2cc(C)ccc2Br)n1. The first-order valence-electron chi connectivity index (χ1n) is 5.69. The van der Waals surface area contributed by atoms with Gasteiger partial charge in [-0.05, 0) is 46.6 Å². The molecule has 94 valence electrons. The summed E-state index contributed by atoms with van der Waals surface area (Å²) in [6.45, 7) is 2.74. The summed E-state index contributed by atoms with van der Waals surface area (Å²) in [5.41, 5.74) is 3.24. The molecule has 0 bridgehead atoms. The minimum atomic E-state index is 0.637. The number of methoxy groups -OCH3 is 1. The van der Waals surface area contributed by atoms with Crippen molar-refractivity contribution in [3.05, 3.63) is 52.1 Å². The number of hydrogen-bond donors (Lipinski definition) is 1. The molecule has 1 aromatic carbocycles. The summed E-state index contributed by atoms with van der Waals surface area (Å²) in [7, 11) is 1.62. The van der Waals surface area contributed by atoms with Crippen molar-refractivity contribution < 1.29 is 4.74 Å². The molecule has 18 heavy (non-hydrogen) atoms.